The molecule has 1 aliphatic heterocycles. The summed E-state index contributed by atoms with van der Waals surface area (Å²) in [6.45, 7) is 7.43. The van der Waals surface area contributed by atoms with E-state index in [0.717, 1.165) is 11.3 Å². The van der Waals surface area contributed by atoms with Crippen LogP contribution in [0.5, 0.6) is 0 Å². The normalized spacial score (nSPS) is 25.9. The molecule has 0 aromatic rings. The van der Waals surface area contributed by atoms with E-state index in [0.29, 0.717) is 0 Å². The fourth-order valence-corrected chi connectivity index (χ4v) is 3.30. The Morgan fingerprint density at radius 1 is 1.36 bits per heavy atom. The van der Waals surface area contributed by atoms with E-state index in [1.807, 2.05) is 0 Å². The molecule has 2 aliphatic rings. The van der Waals surface area contributed by atoms with E-state index in [9.17, 15) is 0 Å². The van der Waals surface area contributed by atoms with Crippen LogP contribution < -0.4 is 0 Å². The van der Waals surface area contributed by atoms with Crippen molar-refractivity contribution >= 4 is 11.8 Å². The molecule has 1 nitrogen and oxygen atoms in total. The summed E-state index contributed by atoms with van der Waals surface area (Å²) in [5, 5.41) is 0. The highest BCUT2D eigenvalue weighted by atomic mass is 32.2. The maximum absolute atomic E-state index is 2.66. The molecule has 0 radical (unpaired) electrons. The Balaban J connectivity index is 1.72. The van der Waals surface area contributed by atoms with E-state index in [2.05, 4.69) is 30.5 Å². The summed E-state index contributed by atoms with van der Waals surface area (Å²) in [6.07, 6.45) is 5.91. The van der Waals surface area contributed by atoms with Crippen molar-refractivity contribution in [3.8, 4) is 0 Å². The summed E-state index contributed by atoms with van der Waals surface area (Å²) in [7, 11) is 0. The van der Waals surface area contributed by atoms with E-state index in [1.54, 1.807) is 0 Å². The van der Waals surface area contributed by atoms with Crippen molar-refractivity contribution < 1.29 is 0 Å². The maximum Gasteiger partial charge on any atom is 0.0445 e. The average Bonchev–Trinajstić information content (AvgIpc) is 2.70. The first-order chi connectivity index (χ1) is 6.70. The lowest BCUT2D eigenvalue weighted by Gasteiger charge is -2.23. The van der Waals surface area contributed by atoms with Crippen LogP contribution >= 0.6 is 11.8 Å². The van der Waals surface area contributed by atoms with Crippen LogP contribution in [0.2, 0.25) is 0 Å². The summed E-state index contributed by atoms with van der Waals surface area (Å²) in [5.74, 6) is 3.55. The molecule has 0 N–H and O–H groups in total. The van der Waals surface area contributed by atoms with Crippen LogP contribution in [-0.2, 0) is 0 Å². The average molecular weight is 213 g/mol. The zero-order valence-electron chi connectivity index (χ0n) is 9.59. The lowest BCUT2D eigenvalue weighted by Crippen LogP contribution is -2.28. The van der Waals surface area contributed by atoms with E-state index in [-0.39, 0.29) is 0 Å². The number of hydrogen-bond donors (Lipinski definition) is 0. The molecular weight excluding hydrogens is 190 g/mol. The Hall–Kier alpha value is 0.310. The monoisotopic (exact) mass is 213 g/mol. The van der Waals surface area contributed by atoms with Gasteiger partial charge in [-0.1, -0.05) is 20.3 Å². The summed E-state index contributed by atoms with van der Waals surface area (Å²) < 4.78 is 0. The Kier molecular flexibility index (Phi) is 3.43. The molecule has 1 heterocycles. The highest BCUT2D eigenvalue weighted by Crippen LogP contribution is 2.51. The van der Waals surface area contributed by atoms with Gasteiger partial charge in [-0.3, -0.25) is 4.90 Å². The van der Waals surface area contributed by atoms with E-state index in [1.165, 1.54) is 50.4 Å². The molecule has 0 bridgehead atoms. The van der Waals surface area contributed by atoms with Crippen LogP contribution in [0, 0.1) is 11.3 Å². The number of thioether (sulfide) groups is 1. The first kappa shape index (κ1) is 10.8. The number of rotatable bonds is 5. The maximum atomic E-state index is 2.66. The van der Waals surface area contributed by atoms with Crippen LogP contribution in [-0.4, -0.2) is 29.6 Å². The minimum atomic E-state index is 0.759. The molecule has 2 heteroatoms. The second-order valence-corrected chi connectivity index (χ2v) is 6.60. The van der Waals surface area contributed by atoms with E-state index < -0.39 is 0 Å². The smallest absolute Gasteiger partial charge is 0.0445 e. The van der Waals surface area contributed by atoms with Crippen LogP contribution in [0.3, 0.4) is 0 Å². The lowest BCUT2D eigenvalue weighted by atomic mass is 9.95. The van der Waals surface area contributed by atoms with Gasteiger partial charge in [0, 0.05) is 24.7 Å². The Morgan fingerprint density at radius 2 is 2.14 bits per heavy atom. The van der Waals surface area contributed by atoms with Gasteiger partial charge in [-0.2, -0.15) is 0 Å². The molecule has 2 rings (SSSR count). The molecule has 2 fully saturated rings. The SMILES string of the molecule is CC(C)CCC1(CN2CCSC2)CC1. The summed E-state index contributed by atoms with van der Waals surface area (Å²) in [4.78, 5) is 2.66. The molecule has 0 amide bonds. The predicted octanol–water partition coefficient (Wildman–Crippen LogP) is 3.21. The molecule has 1 aliphatic carbocycles. The van der Waals surface area contributed by atoms with Gasteiger partial charge in [-0.05, 0) is 30.6 Å². The molecular formula is C12H23NS. The third-order valence-corrected chi connectivity index (χ3v) is 4.61. The molecule has 0 atom stereocenters. The molecule has 14 heavy (non-hydrogen) atoms. The first-order valence-corrected chi connectivity index (χ1v) is 7.16. The summed E-state index contributed by atoms with van der Waals surface area (Å²) in [5.41, 5.74) is 0.759. The van der Waals surface area contributed by atoms with Crippen molar-refractivity contribution in [2.75, 3.05) is 24.7 Å². The third-order valence-electron chi connectivity index (χ3n) is 3.59. The summed E-state index contributed by atoms with van der Waals surface area (Å²) >= 11 is 2.10. The molecule has 0 unspecified atom stereocenters. The largest absolute Gasteiger partial charge is 0.293 e. The number of nitrogens with zero attached hydrogens (tertiary/aromatic N) is 1. The van der Waals surface area contributed by atoms with Crippen LogP contribution in [0.25, 0.3) is 0 Å². The highest BCUT2D eigenvalue weighted by Gasteiger charge is 2.43. The van der Waals surface area contributed by atoms with Crippen molar-refractivity contribution in [1.82, 2.24) is 4.90 Å². The van der Waals surface area contributed by atoms with Crippen molar-refractivity contribution in [2.45, 2.75) is 39.5 Å². The zero-order chi connectivity index (χ0) is 10.0. The standard InChI is InChI=1S/C12H23NS/c1-11(2)3-4-12(5-6-12)9-13-7-8-14-10-13/h11H,3-10H2,1-2H3. The zero-order valence-corrected chi connectivity index (χ0v) is 10.4. The van der Waals surface area contributed by atoms with Crippen molar-refractivity contribution in [2.24, 2.45) is 11.3 Å². The van der Waals surface area contributed by atoms with Gasteiger partial charge in [0.05, 0.1) is 0 Å². The molecule has 0 aromatic carbocycles. The second kappa shape index (κ2) is 4.44. The van der Waals surface area contributed by atoms with Gasteiger partial charge in [0.2, 0.25) is 0 Å². The van der Waals surface area contributed by atoms with Gasteiger partial charge in [0.25, 0.3) is 0 Å². The molecule has 0 aromatic heterocycles. The third kappa shape index (κ3) is 2.90. The van der Waals surface area contributed by atoms with Gasteiger partial charge in [0.15, 0.2) is 0 Å². The fourth-order valence-electron chi connectivity index (χ4n) is 2.31. The lowest BCUT2D eigenvalue weighted by molar-refractivity contribution is 0.254. The number of hydrogen-bond acceptors (Lipinski definition) is 2. The summed E-state index contributed by atoms with van der Waals surface area (Å²) in [6, 6.07) is 0. The topological polar surface area (TPSA) is 3.24 Å². The second-order valence-electron chi connectivity index (χ2n) is 5.52. The van der Waals surface area contributed by atoms with Gasteiger partial charge >= 0.3 is 0 Å². The van der Waals surface area contributed by atoms with Crippen molar-refractivity contribution in [3.63, 3.8) is 0 Å². The van der Waals surface area contributed by atoms with E-state index >= 15 is 0 Å². The minimum absolute atomic E-state index is 0.759. The van der Waals surface area contributed by atoms with Gasteiger partial charge in [0.1, 0.15) is 0 Å². The van der Waals surface area contributed by atoms with Crippen LogP contribution in [0.15, 0.2) is 0 Å². The van der Waals surface area contributed by atoms with Crippen molar-refractivity contribution in [3.05, 3.63) is 0 Å². The molecule has 82 valence electrons. The highest BCUT2D eigenvalue weighted by molar-refractivity contribution is 7.99. The minimum Gasteiger partial charge on any atom is -0.293 e. The van der Waals surface area contributed by atoms with Gasteiger partial charge < -0.3 is 0 Å². The Labute approximate surface area is 92.6 Å². The fraction of sp³-hybridized carbons (Fsp3) is 1.00. The quantitative estimate of drug-likeness (QED) is 0.690. The van der Waals surface area contributed by atoms with Gasteiger partial charge in [-0.25, -0.2) is 0 Å². The first-order valence-electron chi connectivity index (χ1n) is 6.00. The van der Waals surface area contributed by atoms with Crippen LogP contribution in [0.1, 0.15) is 39.5 Å². The van der Waals surface area contributed by atoms with E-state index in [4.69, 9.17) is 0 Å². The molecule has 0 spiro atoms. The Morgan fingerprint density at radius 3 is 2.64 bits per heavy atom. The van der Waals surface area contributed by atoms with Crippen molar-refractivity contribution in [1.29, 1.82) is 0 Å². The predicted molar refractivity (Wildman–Crippen MR) is 64.6 cm³/mol. The molecule has 1 saturated heterocycles. The van der Waals surface area contributed by atoms with Gasteiger partial charge in [-0.15, -0.1) is 11.8 Å². The Bertz CT molecular complexity index is 181. The molecule has 1 saturated carbocycles. The van der Waals surface area contributed by atoms with Crippen LogP contribution in [0.4, 0.5) is 0 Å².